The maximum absolute atomic E-state index is 13.6. The van der Waals surface area contributed by atoms with E-state index in [9.17, 15) is 19.2 Å². The van der Waals surface area contributed by atoms with Crippen molar-refractivity contribution in [2.45, 2.75) is 0 Å². The van der Waals surface area contributed by atoms with E-state index in [1.54, 1.807) is 68.1 Å². The number of hydrogen-bond donors (Lipinski definition) is 4. The predicted octanol–water partition coefficient (Wildman–Crippen LogP) is 6.14. The average molecular weight is 649 g/mol. The van der Waals surface area contributed by atoms with Gasteiger partial charge in [-0.3, -0.25) is 0 Å². The first kappa shape index (κ1) is 33.3. The fraction of sp³-hybridized carbons (Fsp3) is 0.222. The third-order valence-corrected chi connectivity index (χ3v) is 7.81. The van der Waals surface area contributed by atoms with Crippen LogP contribution in [0.1, 0.15) is 0 Å². The summed E-state index contributed by atoms with van der Waals surface area (Å²) >= 11 is 0. The molecular formula is C36H40N8O4. The van der Waals surface area contributed by atoms with Crippen molar-refractivity contribution in [2.75, 3.05) is 73.6 Å². The number of carbonyl (C=O) groups excluding carboxylic acids is 4. The van der Waals surface area contributed by atoms with Gasteiger partial charge in [0.15, 0.2) is 0 Å². The van der Waals surface area contributed by atoms with E-state index in [4.69, 9.17) is 0 Å². The molecule has 248 valence electrons. The zero-order valence-electron chi connectivity index (χ0n) is 26.6. The highest BCUT2D eigenvalue weighted by Gasteiger charge is 2.25. The van der Waals surface area contributed by atoms with E-state index in [2.05, 4.69) is 21.3 Å². The molecule has 0 aliphatic carbocycles. The topological polar surface area (TPSA) is 129 Å². The van der Waals surface area contributed by atoms with Gasteiger partial charge < -0.3 is 40.9 Å². The molecule has 8 amide bonds. The first-order chi connectivity index (χ1) is 23.4. The first-order valence-corrected chi connectivity index (χ1v) is 15.9. The van der Waals surface area contributed by atoms with Gasteiger partial charge in [-0.15, -0.1) is 0 Å². The van der Waals surface area contributed by atoms with Crippen molar-refractivity contribution >= 4 is 46.9 Å². The lowest BCUT2D eigenvalue weighted by Crippen LogP contribution is -2.52. The van der Waals surface area contributed by atoms with Gasteiger partial charge in [-0.25, -0.2) is 19.2 Å². The van der Waals surface area contributed by atoms with Gasteiger partial charge >= 0.3 is 24.1 Å². The van der Waals surface area contributed by atoms with Gasteiger partial charge in [-0.1, -0.05) is 72.8 Å². The van der Waals surface area contributed by atoms with Gasteiger partial charge in [0.05, 0.1) is 0 Å². The quantitative estimate of drug-likeness (QED) is 0.212. The Morgan fingerprint density at radius 3 is 0.646 bits per heavy atom. The fourth-order valence-electron chi connectivity index (χ4n) is 5.12. The summed E-state index contributed by atoms with van der Waals surface area (Å²) in [6.07, 6.45) is 0. The number of nitrogens with one attached hydrogen (secondary N) is 4. The SMILES string of the molecule is O=C(Nc1ccccc1)N1CCN(C(=O)Nc2ccccc2)CCN(C(=O)Nc2ccccc2)CCN(C(=O)Nc2ccccc2)CC1. The second-order valence-electron chi connectivity index (χ2n) is 11.1. The lowest BCUT2D eigenvalue weighted by atomic mass is 10.3. The minimum Gasteiger partial charge on any atom is -0.321 e. The third kappa shape index (κ3) is 9.98. The van der Waals surface area contributed by atoms with Crippen LogP contribution in [0.25, 0.3) is 0 Å². The highest BCUT2D eigenvalue weighted by Crippen LogP contribution is 2.13. The molecule has 0 radical (unpaired) electrons. The molecule has 0 spiro atoms. The molecule has 1 saturated heterocycles. The van der Waals surface area contributed by atoms with E-state index in [-0.39, 0.29) is 76.5 Å². The molecule has 48 heavy (non-hydrogen) atoms. The number of benzene rings is 4. The van der Waals surface area contributed by atoms with Gasteiger partial charge in [0.25, 0.3) is 0 Å². The van der Waals surface area contributed by atoms with Gasteiger partial charge in [0.1, 0.15) is 0 Å². The Hall–Kier alpha value is -6.04. The Balaban J connectivity index is 1.38. The summed E-state index contributed by atoms with van der Waals surface area (Å²) in [4.78, 5) is 60.6. The van der Waals surface area contributed by atoms with Crippen molar-refractivity contribution in [3.63, 3.8) is 0 Å². The summed E-state index contributed by atoms with van der Waals surface area (Å²) in [5, 5.41) is 11.7. The van der Waals surface area contributed by atoms with E-state index in [0.29, 0.717) is 22.7 Å². The van der Waals surface area contributed by atoms with Crippen LogP contribution in [-0.2, 0) is 0 Å². The Kier molecular flexibility index (Phi) is 11.8. The average Bonchev–Trinajstić information content (AvgIpc) is 3.10. The van der Waals surface area contributed by atoms with Crippen molar-refractivity contribution in [1.82, 2.24) is 19.6 Å². The largest absolute Gasteiger partial charge is 0.321 e. The van der Waals surface area contributed by atoms with Crippen LogP contribution in [0.2, 0.25) is 0 Å². The van der Waals surface area contributed by atoms with E-state index in [1.165, 1.54) is 0 Å². The molecule has 1 fully saturated rings. The molecule has 12 heteroatoms. The Bertz CT molecular complexity index is 1370. The van der Waals surface area contributed by atoms with E-state index >= 15 is 0 Å². The summed E-state index contributed by atoms with van der Waals surface area (Å²) in [5.74, 6) is 0. The van der Waals surface area contributed by atoms with Gasteiger partial charge in [0.2, 0.25) is 0 Å². The molecule has 1 heterocycles. The molecule has 4 aromatic rings. The molecule has 0 unspecified atom stereocenters. The molecule has 4 aromatic carbocycles. The number of carbonyl (C=O) groups is 4. The summed E-state index contributed by atoms with van der Waals surface area (Å²) in [6.45, 7) is 1.49. The summed E-state index contributed by atoms with van der Waals surface area (Å²) in [6, 6.07) is 35.0. The van der Waals surface area contributed by atoms with E-state index in [1.807, 2.05) is 72.8 Å². The summed E-state index contributed by atoms with van der Waals surface area (Å²) in [7, 11) is 0. The minimum atomic E-state index is -0.353. The summed E-state index contributed by atoms with van der Waals surface area (Å²) in [5.41, 5.74) is 2.52. The molecule has 12 nitrogen and oxygen atoms in total. The first-order valence-electron chi connectivity index (χ1n) is 15.9. The van der Waals surface area contributed by atoms with Crippen molar-refractivity contribution in [1.29, 1.82) is 0 Å². The van der Waals surface area contributed by atoms with Gasteiger partial charge in [-0.2, -0.15) is 0 Å². The Morgan fingerprint density at radius 1 is 0.312 bits per heavy atom. The lowest BCUT2D eigenvalue weighted by molar-refractivity contribution is 0.156. The maximum atomic E-state index is 13.6. The van der Waals surface area contributed by atoms with Crippen molar-refractivity contribution in [2.24, 2.45) is 0 Å². The van der Waals surface area contributed by atoms with Crippen LogP contribution >= 0.6 is 0 Å². The Morgan fingerprint density at radius 2 is 0.479 bits per heavy atom. The van der Waals surface area contributed by atoms with Crippen LogP contribution < -0.4 is 21.3 Å². The second kappa shape index (κ2) is 17.0. The molecule has 0 aromatic heterocycles. The zero-order chi connectivity index (χ0) is 33.6. The lowest BCUT2D eigenvalue weighted by Gasteiger charge is -2.34. The molecule has 0 atom stereocenters. The second-order valence-corrected chi connectivity index (χ2v) is 11.1. The van der Waals surface area contributed by atoms with Crippen molar-refractivity contribution in [3.05, 3.63) is 121 Å². The number of para-hydroxylation sites is 4. The molecule has 1 aliphatic rings. The molecule has 0 bridgehead atoms. The van der Waals surface area contributed by atoms with E-state index < -0.39 is 0 Å². The van der Waals surface area contributed by atoms with Crippen LogP contribution in [0, 0.1) is 0 Å². The predicted molar refractivity (Wildman–Crippen MR) is 188 cm³/mol. The standard InChI is InChI=1S/C36H40N8O4/c45-33(37-29-13-5-1-6-14-29)41-21-23-42(34(46)38-30-15-7-2-8-16-30)25-27-44(36(48)40-32-19-11-4-12-20-32)28-26-43(24-22-41)35(47)39-31-17-9-3-10-18-31/h1-20H,21-28H2,(H,37,45)(H,38,46)(H,39,47)(H,40,48). The van der Waals surface area contributed by atoms with Gasteiger partial charge in [-0.05, 0) is 48.5 Å². The summed E-state index contributed by atoms with van der Waals surface area (Å²) < 4.78 is 0. The van der Waals surface area contributed by atoms with Crippen LogP contribution in [0.15, 0.2) is 121 Å². The smallest absolute Gasteiger partial charge is 0.321 e. The highest BCUT2D eigenvalue weighted by atomic mass is 16.2. The number of rotatable bonds is 4. The van der Waals surface area contributed by atoms with E-state index in [0.717, 1.165) is 0 Å². The van der Waals surface area contributed by atoms with Crippen LogP contribution in [0.4, 0.5) is 41.9 Å². The molecule has 0 saturated carbocycles. The van der Waals surface area contributed by atoms with Crippen LogP contribution in [0.3, 0.4) is 0 Å². The number of urea groups is 4. The monoisotopic (exact) mass is 648 g/mol. The molecule has 5 rings (SSSR count). The molecule has 1 aliphatic heterocycles. The van der Waals surface area contributed by atoms with Crippen LogP contribution in [-0.4, -0.2) is 96.1 Å². The molecule has 4 N–H and O–H groups in total. The normalized spacial score (nSPS) is 14.2. The zero-order valence-corrected chi connectivity index (χ0v) is 26.6. The number of amides is 8. The molecular weight excluding hydrogens is 608 g/mol. The number of anilines is 4. The Labute approximate surface area is 280 Å². The van der Waals surface area contributed by atoms with Gasteiger partial charge in [0, 0.05) is 75.1 Å². The highest BCUT2D eigenvalue weighted by molar-refractivity contribution is 5.92. The van der Waals surface area contributed by atoms with Crippen LogP contribution in [0.5, 0.6) is 0 Å². The van der Waals surface area contributed by atoms with Crippen molar-refractivity contribution in [3.8, 4) is 0 Å². The minimum absolute atomic E-state index is 0.186. The van der Waals surface area contributed by atoms with Crippen molar-refractivity contribution < 1.29 is 19.2 Å². The number of hydrogen-bond acceptors (Lipinski definition) is 4. The number of nitrogens with zero attached hydrogens (tertiary/aromatic N) is 4. The third-order valence-electron chi connectivity index (χ3n) is 7.81. The fourth-order valence-corrected chi connectivity index (χ4v) is 5.12. The maximum Gasteiger partial charge on any atom is 0.321 e.